The molecule has 0 aliphatic heterocycles. The van der Waals surface area contributed by atoms with Gasteiger partial charge in [-0.15, -0.1) is 0 Å². The van der Waals surface area contributed by atoms with Gasteiger partial charge >= 0.3 is 17.9 Å². The molecular formula is C15H17NO7. The van der Waals surface area contributed by atoms with Gasteiger partial charge in [0.25, 0.3) is 0 Å². The first kappa shape index (κ1) is 18.2. The predicted molar refractivity (Wildman–Crippen MR) is 80.6 cm³/mol. The van der Waals surface area contributed by atoms with E-state index in [2.05, 4.69) is 11.9 Å². The number of aromatic carboxylic acids is 2. The van der Waals surface area contributed by atoms with E-state index in [9.17, 15) is 19.5 Å². The van der Waals surface area contributed by atoms with E-state index in [1.807, 2.05) is 0 Å². The molecule has 0 fully saturated rings. The number of hydrogen-bond acceptors (Lipinski definition) is 6. The fourth-order valence-corrected chi connectivity index (χ4v) is 1.69. The van der Waals surface area contributed by atoms with E-state index in [0.717, 1.165) is 0 Å². The third kappa shape index (κ3) is 5.11. The maximum absolute atomic E-state index is 11.2. The van der Waals surface area contributed by atoms with Gasteiger partial charge in [0.05, 0.1) is 11.1 Å². The Hall–Kier alpha value is -2.87. The Kier molecular flexibility index (Phi) is 6.28. The van der Waals surface area contributed by atoms with E-state index >= 15 is 0 Å². The lowest BCUT2D eigenvalue weighted by Gasteiger charge is -2.15. The largest absolute Gasteiger partial charge is 0.478 e. The highest BCUT2D eigenvalue weighted by Gasteiger charge is 2.20. The number of carboxylic acids is 2. The number of carbonyl (C=O) groups is 3. The van der Waals surface area contributed by atoms with Gasteiger partial charge in [0.2, 0.25) is 0 Å². The van der Waals surface area contributed by atoms with Crippen LogP contribution in [0.3, 0.4) is 0 Å². The Morgan fingerprint density at radius 2 is 1.91 bits per heavy atom. The van der Waals surface area contributed by atoms with E-state index in [-0.39, 0.29) is 30.0 Å². The molecule has 8 nitrogen and oxygen atoms in total. The van der Waals surface area contributed by atoms with Crippen LogP contribution in [0.1, 0.15) is 27.6 Å². The highest BCUT2D eigenvalue weighted by Crippen LogP contribution is 2.20. The third-order valence-electron chi connectivity index (χ3n) is 2.79. The zero-order chi connectivity index (χ0) is 17.6. The molecule has 0 bridgehead atoms. The maximum Gasteiger partial charge on any atom is 0.338 e. The quantitative estimate of drug-likeness (QED) is 0.411. The standard InChI is InChI=1S/C15H17NO7/c1-8(2)15(22)23-7-9(17)6-16-11-5-3-4-10(13(18)19)12(11)14(20)21/h3-5,9,16-17H,1,6-7H2,2H3,(H,18,19)(H,20,21). The van der Waals surface area contributed by atoms with Gasteiger partial charge in [-0.25, -0.2) is 14.4 Å². The number of carbonyl (C=O) groups excluding carboxylic acids is 1. The average molecular weight is 323 g/mol. The molecule has 1 atom stereocenters. The number of hydrogen-bond donors (Lipinski definition) is 4. The van der Waals surface area contributed by atoms with Crippen molar-refractivity contribution in [2.45, 2.75) is 13.0 Å². The average Bonchev–Trinajstić information content (AvgIpc) is 2.49. The van der Waals surface area contributed by atoms with E-state index in [1.54, 1.807) is 0 Å². The maximum atomic E-state index is 11.2. The van der Waals surface area contributed by atoms with Crippen LogP contribution in [0, 0.1) is 0 Å². The highest BCUT2D eigenvalue weighted by molar-refractivity contribution is 6.05. The van der Waals surface area contributed by atoms with Gasteiger partial charge in [0, 0.05) is 17.8 Å². The molecule has 0 heterocycles. The van der Waals surface area contributed by atoms with Crippen molar-refractivity contribution in [1.82, 2.24) is 0 Å². The summed E-state index contributed by atoms with van der Waals surface area (Å²) < 4.78 is 4.75. The highest BCUT2D eigenvalue weighted by atomic mass is 16.5. The van der Waals surface area contributed by atoms with Crippen LogP contribution in [0.25, 0.3) is 0 Å². The first-order valence-corrected chi connectivity index (χ1v) is 6.58. The molecule has 124 valence electrons. The van der Waals surface area contributed by atoms with Crippen LogP contribution in [-0.2, 0) is 9.53 Å². The molecule has 0 aliphatic carbocycles. The summed E-state index contributed by atoms with van der Waals surface area (Å²) in [7, 11) is 0. The normalized spacial score (nSPS) is 11.4. The van der Waals surface area contributed by atoms with Gasteiger partial charge in [-0.2, -0.15) is 0 Å². The molecule has 1 unspecified atom stereocenters. The van der Waals surface area contributed by atoms with Crippen molar-refractivity contribution < 1.29 is 34.4 Å². The number of esters is 1. The Morgan fingerprint density at radius 1 is 1.26 bits per heavy atom. The zero-order valence-corrected chi connectivity index (χ0v) is 12.4. The van der Waals surface area contributed by atoms with Crippen LogP contribution in [0.4, 0.5) is 5.69 Å². The molecule has 0 amide bonds. The van der Waals surface area contributed by atoms with Gasteiger partial charge in [0.1, 0.15) is 12.7 Å². The second kappa shape index (κ2) is 7.95. The zero-order valence-electron chi connectivity index (χ0n) is 12.4. The van der Waals surface area contributed by atoms with Crippen molar-refractivity contribution in [1.29, 1.82) is 0 Å². The molecule has 1 aromatic carbocycles. The topological polar surface area (TPSA) is 133 Å². The molecular weight excluding hydrogens is 306 g/mol. The van der Waals surface area contributed by atoms with Gasteiger partial charge in [-0.3, -0.25) is 0 Å². The molecule has 4 N–H and O–H groups in total. The van der Waals surface area contributed by atoms with Crippen molar-refractivity contribution in [3.05, 3.63) is 41.5 Å². The molecule has 0 aromatic heterocycles. The molecule has 1 aromatic rings. The van der Waals surface area contributed by atoms with Crippen molar-refractivity contribution >= 4 is 23.6 Å². The summed E-state index contributed by atoms with van der Waals surface area (Å²) in [4.78, 5) is 33.5. The van der Waals surface area contributed by atoms with Gasteiger partial charge in [-0.1, -0.05) is 12.6 Å². The molecule has 0 saturated heterocycles. The summed E-state index contributed by atoms with van der Waals surface area (Å²) in [6.45, 7) is 4.41. The lowest BCUT2D eigenvalue weighted by Crippen LogP contribution is -2.27. The molecule has 0 saturated carbocycles. The number of anilines is 1. The minimum Gasteiger partial charge on any atom is -0.478 e. The van der Waals surface area contributed by atoms with Crippen molar-refractivity contribution in [3.63, 3.8) is 0 Å². The smallest absolute Gasteiger partial charge is 0.338 e. The molecule has 1 rings (SSSR count). The number of aliphatic hydroxyl groups excluding tert-OH is 1. The van der Waals surface area contributed by atoms with Crippen LogP contribution < -0.4 is 5.32 Å². The van der Waals surface area contributed by atoms with E-state index in [4.69, 9.17) is 14.9 Å². The summed E-state index contributed by atoms with van der Waals surface area (Å²) in [5, 5.41) is 30.5. The number of aliphatic hydroxyl groups is 1. The van der Waals surface area contributed by atoms with E-state index < -0.39 is 29.6 Å². The Labute approximate surface area is 132 Å². The number of rotatable bonds is 8. The number of benzene rings is 1. The summed E-state index contributed by atoms with van der Waals surface area (Å²) in [5.74, 6) is -3.43. The number of ether oxygens (including phenoxy) is 1. The first-order valence-electron chi connectivity index (χ1n) is 6.58. The van der Waals surface area contributed by atoms with Crippen LogP contribution in [-0.4, -0.2) is 52.5 Å². The van der Waals surface area contributed by atoms with Crippen LogP contribution in [0.5, 0.6) is 0 Å². The SMILES string of the molecule is C=C(C)C(=O)OCC(O)CNc1cccc(C(=O)O)c1C(=O)O. The monoisotopic (exact) mass is 323 g/mol. The van der Waals surface area contributed by atoms with Gasteiger partial charge in [0.15, 0.2) is 0 Å². The molecule has 0 radical (unpaired) electrons. The lowest BCUT2D eigenvalue weighted by molar-refractivity contribution is -0.141. The lowest BCUT2D eigenvalue weighted by atomic mass is 10.1. The van der Waals surface area contributed by atoms with Gasteiger partial charge in [-0.05, 0) is 19.1 Å². The molecule has 8 heteroatoms. The van der Waals surface area contributed by atoms with Crippen LogP contribution >= 0.6 is 0 Å². The number of nitrogens with one attached hydrogen (secondary N) is 1. The Balaban J connectivity index is 2.76. The fourth-order valence-electron chi connectivity index (χ4n) is 1.69. The summed E-state index contributed by atoms with van der Waals surface area (Å²) in [6, 6.07) is 3.93. The van der Waals surface area contributed by atoms with E-state index in [1.165, 1.54) is 25.1 Å². The molecule has 0 aliphatic rings. The summed E-state index contributed by atoms with van der Waals surface area (Å²) >= 11 is 0. The molecule has 23 heavy (non-hydrogen) atoms. The second-order valence-corrected chi connectivity index (χ2v) is 4.75. The number of carboxylic acid groups (broad SMARTS) is 2. The van der Waals surface area contributed by atoms with E-state index in [0.29, 0.717) is 0 Å². The Bertz CT molecular complexity index is 639. The van der Waals surface area contributed by atoms with Crippen LogP contribution in [0.2, 0.25) is 0 Å². The summed E-state index contributed by atoms with van der Waals surface area (Å²) in [5.41, 5.74) is -0.549. The van der Waals surface area contributed by atoms with Gasteiger partial charge < -0.3 is 25.4 Å². The van der Waals surface area contributed by atoms with Crippen molar-refractivity contribution in [2.24, 2.45) is 0 Å². The fraction of sp³-hybridized carbons (Fsp3) is 0.267. The Morgan fingerprint density at radius 3 is 2.43 bits per heavy atom. The summed E-state index contributed by atoms with van der Waals surface area (Å²) in [6.07, 6.45) is -1.10. The minimum atomic E-state index is -1.41. The van der Waals surface area contributed by atoms with Crippen LogP contribution in [0.15, 0.2) is 30.4 Å². The second-order valence-electron chi connectivity index (χ2n) is 4.75. The predicted octanol–water partition coefficient (Wildman–Crippen LogP) is 0.975. The van der Waals surface area contributed by atoms with Crippen molar-refractivity contribution in [2.75, 3.05) is 18.5 Å². The third-order valence-corrected chi connectivity index (χ3v) is 2.79. The molecule has 0 spiro atoms. The van der Waals surface area contributed by atoms with Crippen molar-refractivity contribution in [3.8, 4) is 0 Å². The first-order chi connectivity index (χ1) is 10.7. The minimum absolute atomic E-state index is 0.0441.